The largest absolute Gasteiger partial charge is 0.371 e. The third-order valence-electron chi connectivity index (χ3n) is 3.31. The van der Waals surface area contributed by atoms with Crippen LogP contribution in [-0.2, 0) is 4.79 Å². The lowest BCUT2D eigenvalue weighted by Gasteiger charge is -2.21. The Morgan fingerprint density at radius 3 is 2.50 bits per heavy atom. The second-order valence-electron chi connectivity index (χ2n) is 4.80. The molecule has 7 heteroatoms. The molecule has 2 N–H and O–H groups in total. The number of hydrogen-bond acceptors (Lipinski definition) is 4. The summed E-state index contributed by atoms with van der Waals surface area (Å²) < 4.78 is 27.0. The van der Waals surface area contributed by atoms with Gasteiger partial charge in [0, 0.05) is 26.2 Å². The van der Waals surface area contributed by atoms with Crippen LogP contribution < -0.4 is 10.6 Å². The molecule has 110 valence electrons. The molecule has 2 rings (SSSR count). The minimum absolute atomic E-state index is 0.0604. The third-order valence-corrected chi connectivity index (χ3v) is 3.31. The molecule has 1 unspecified atom stereocenters. The average molecular weight is 284 g/mol. The summed E-state index contributed by atoms with van der Waals surface area (Å²) in [6.45, 7) is 3.10. The van der Waals surface area contributed by atoms with Crippen LogP contribution in [0.5, 0.6) is 0 Å². The lowest BCUT2D eigenvalue weighted by atomic mass is 10.3. The summed E-state index contributed by atoms with van der Waals surface area (Å²) in [5.41, 5.74) is 0. The number of carbonyl (C=O) groups is 1. The molecule has 1 aliphatic heterocycles. The second kappa shape index (κ2) is 6.02. The number of aromatic nitrogens is 1. The summed E-state index contributed by atoms with van der Waals surface area (Å²) in [6, 6.07) is 0.138. The van der Waals surface area contributed by atoms with Gasteiger partial charge in [-0.1, -0.05) is 0 Å². The molecule has 0 bridgehead atoms. The number of nitrogens with one attached hydrogen (secondary N) is 2. The number of pyridine rings is 1. The number of amides is 1. The van der Waals surface area contributed by atoms with Crippen molar-refractivity contribution < 1.29 is 13.6 Å². The first-order valence-corrected chi connectivity index (χ1v) is 6.62. The van der Waals surface area contributed by atoms with E-state index in [1.165, 1.54) is 7.05 Å². The molecule has 1 atom stereocenters. The first-order chi connectivity index (χ1) is 9.52. The molecule has 1 aromatic heterocycles. The molecule has 0 aromatic carbocycles. The standard InChI is InChI=1S/C13H18F2N4O/c1-8(13(20)19-5-3-4-6-19)17-12-10(15)7-9(14)11(16-2)18-12/h7-8H,3-6H2,1-2H3,(H2,16,17,18). The van der Waals surface area contributed by atoms with E-state index in [0.29, 0.717) is 0 Å². The molecule has 1 aliphatic rings. The van der Waals surface area contributed by atoms with Gasteiger partial charge >= 0.3 is 0 Å². The molecule has 0 spiro atoms. The van der Waals surface area contributed by atoms with Crippen LogP contribution in [0, 0.1) is 11.6 Å². The molecule has 1 fully saturated rings. The molecule has 0 radical (unpaired) electrons. The molecule has 1 amide bonds. The fraction of sp³-hybridized carbons (Fsp3) is 0.538. The fourth-order valence-electron chi connectivity index (χ4n) is 2.22. The molecule has 5 nitrogen and oxygen atoms in total. The SMILES string of the molecule is CNc1nc(NC(C)C(=O)N2CCCC2)c(F)cc1F. The predicted octanol–water partition coefficient (Wildman–Crippen LogP) is 1.82. The van der Waals surface area contributed by atoms with Crippen molar-refractivity contribution in [3.8, 4) is 0 Å². The van der Waals surface area contributed by atoms with Crippen molar-refractivity contribution in [3.05, 3.63) is 17.7 Å². The van der Waals surface area contributed by atoms with Gasteiger partial charge in [-0.2, -0.15) is 0 Å². The number of anilines is 2. The molecular weight excluding hydrogens is 266 g/mol. The van der Waals surface area contributed by atoms with Gasteiger partial charge in [-0.3, -0.25) is 4.79 Å². The van der Waals surface area contributed by atoms with E-state index < -0.39 is 17.7 Å². The van der Waals surface area contributed by atoms with Crippen molar-refractivity contribution in [1.29, 1.82) is 0 Å². The van der Waals surface area contributed by atoms with E-state index in [1.807, 2.05) is 0 Å². The van der Waals surface area contributed by atoms with Crippen molar-refractivity contribution >= 4 is 17.5 Å². The van der Waals surface area contributed by atoms with Crippen LogP contribution >= 0.6 is 0 Å². The van der Waals surface area contributed by atoms with Gasteiger partial charge in [0.1, 0.15) is 6.04 Å². The van der Waals surface area contributed by atoms with Crippen molar-refractivity contribution in [2.24, 2.45) is 0 Å². The van der Waals surface area contributed by atoms with Crippen LogP contribution in [0.15, 0.2) is 6.07 Å². The Morgan fingerprint density at radius 1 is 1.30 bits per heavy atom. The summed E-state index contributed by atoms with van der Waals surface area (Å²) in [4.78, 5) is 17.6. The Hall–Kier alpha value is -1.92. The monoisotopic (exact) mass is 284 g/mol. The summed E-state index contributed by atoms with van der Waals surface area (Å²) in [7, 11) is 1.49. The van der Waals surface area contributed by atoms with E-state index in [-0.39, 0.29) is 17.5 Å². The summed E-state index contributed by atoms with van der Waals surface area (Å²) in [5.74, 6) is -1.87. The number of nitrogens with zero attached hydrogens (tertiary/aromatic N) is 2. The third kappa shape index (κ3) is 2.97. The van der Waals surface area contributed by atoms with Crippen LogP contribution in [0.1, 0.15) is 19.8 Å². The van der Waals surface area contributed by atoms with Gasteiger partial charge in [-0.15, -0.1) is 0 Å². The summed E-state index contributed by atoms with van der Waals surface area (Å²) in [5, 5.41) is 5.24. The molecule has 1 saturated heterocycles. The highest BCUT2D eigenvalue weighted by Crippen LogP contribution is 2.20. The average Bonchev–Trinajstić information content (AvgIpc) is 2.94. The Balaban J connectivity index is 2.10. The highest BCUT2D eigenvalue weighted by molar-refractivity contribution is 5.84. The summed E-state index contributed by atoms with van der Waals surface area (Å²) in [6.07, 6.45) is 1.98. The normalized spacial score (nSPS) is 16.1. The minimum atomic E-state index is -0.817. The molecule has 1 aromatic rings. The molecule has 0 aliphatic carbocycles. The van der Waals surface area contributed by atoms with E-state index in [4.69, 9.17) is 0 Å². The van der Waals surface area contributed by atoms with E-state index in [9.17, 15) is 13.6 Å². The second-order valence-corrected chi connectivity index (χ2v) is 4.80. The van der Waals surface area contributed by atoms with Crippen molar-refractivity contribution in [2.45, 2.75) is 25.8 Å². The van der Waals surface area contributed by atoms with Crippen LogP contribution in [0.25, 0.3) is 0 Å². The molecule has 20 heavy (non-hydrogen) atoms. The van der Waals surface area contributed by atoms with Crippen LogP contribution in [0.4, 0.5) is 20.4 Å². The number of carbonyl (C=O) groups excluding carboxylic acids is 1. The maximum Gasteiger partial charge on any atom is 0.244 e. The van der Waals surface area contributed by atoms with E-state index in [2.05, 4.69) is 15.6 Å². The minimum Gasteiger partial charge on any atom is -0.371 e. The quantitative estimate of drug-likeness (QED) is 0.885. The first kappa shape index (κ1) is 14.5. The smallest absolute Gasteiger partial charge is 0.244 e. The van der Waals surface area contributed by atoms with Crippen molar-refractivity contribution in [2.75, 3.05) is 30.8 Å². The fourth-order valence-corrected chi connectivity index (χ4v) is 2.22. The van der Waals surface area contributed by atoms with Crippen molar-refractivity contribution in [3.63, 3.8) is 0 Å². The highest BCUT2D eigenvalue weighted by Gasteiger charge is 2.24. The van der Waals surface area contributed by atoms with E-state index in [0.717, 1.165) is 32.0 Å². The van der Waals surface area contributed by atoms with Gasteiger partial charge in [0.2, 0.25) is 5.91 Å². The van der Waals surface area contributed by atoms with Crippen LogP contribution in [0.2, 0.25) is 0 Å². The Labute approximate surface area is 116 Å². The van der Waals surface area contributed by atoms with E-state index in [1.54, 1.807) is 11.8 Å². The number of hydrogen-bond donors (Lipinski definition) is 2. The number of likely N-dealkylation sites (tertiary alicyclic amines) is 1. The molecule has 0 saturated carbocycles. The first-order valence-electron chi connectivity index (χ1n) is 6.62. The van der Waals surface area contributed by atoms with Gasteiger partial charge < -0.3 is 15.5 Å². The van der Waals surface area contributed by atoms with Crippen molar-refractivity contribution in [1.82, 2.24) is 9.88 Å². The van der Waals surface area contributed by atoms with Gasteiger partial charge in [0.25, 0.3) is 0 Å². The van der Waals surface area contributed by atoms with Gasteiger partial charge in [0.15, 0.2) is 23.3 Å². The zero-order valence-corrected chi connectivity index (χ0v) is 11.5. The lowest BCUT2D eigenvalue weighted by Crippen LogP contribution is -2.40. The van der Waals surface area contributed by atoms with Crippen LogP contribution in [0.3, 0.4) is 0 Å². The highest BCUT2D eigenvalue weighted by atomic mass is 19.1. The topological polar surface area (TPSA) is 57.3 Å². The summed E-state index contributed by atoms with van der Waals surface area (Å²) >= 11 is 0. The Morgan fingerprint density at radius 2 is 1.90 bits per heavy atom. The van der Waals surface area contributed by atoms with Gasteiger partial charge in [0.05, 0.1) is 0 Å². The van der Waals surface area contributed by atoms with Gasteiger partial charge in [-0.05, 0) is 19.8 Å². The van der Waals surface area contributed by atoms with E-state index >= 15 is 0 Å². The molecular formula is C13H18F2N4O. The zero-order valence-electron chi connectivity index (χ0n) is 11.5. The lowest BCUT2D eigenvalue weighted by molar-refractivity contribution is -0.130. The molecule has 2 heterocycles. The zero-order chi connectivity index (χ0) is 14.7. The maximum atomic E-state index is 13.7. The Kier molecular flexibility index (Phi) is 4.36. The van der Waals surface area contributed by atoms with Crippen LogP contribution in [-0.4, -0.2) is 42.0 Å². The predicted molar refractivity (Wildman–Crippen MR) is 72.6 cm³/mol. The van der Waals surface area contributed by atoms with Gasteiger partial charge in [-0.25, -0.2) is 13.8 Å². The number of halogens is 2. The number of rotatable bonds is 4. The Bertz CT molecular complexity index is 503. The maximum absolute atomic E-state index is 13.7.